The number of primary amides is 1. The van der Waals surface area contributed by atoms with Crippen molar-refractivity contribution in [3.8, 4) is 11.6 Å². The maximum absolute atomic E-state index is 12.4. The van der Waals surface area contributed by atoms with E-state index in [1.54, 1.807) is 0 Å². The standard InChI is InChI=1S/C8H8F2N2O3/c1-15-8-4(13)2-3(7(11)14)5(12-8)6(9)10/h2,6,13H,1H3,(H2,11,14). The number of hydrogen-bond acceptors (Lipinski definition) is 4. The normalized spacial score (nSPS) is 10.4. The Morgan fingerprint density at radius 1 is 1.67 bits per heavy atom. The van der Waals surface area contributed by atoms with Gasteiger partial charge in [0.1, 0.15) is 5.69 Å². The topological polar surface area (TPSA) is 85.4 Å². The van der Waals surface area contributed by atoms with Crippen LogP contribution in [0.25, 0.3) is 0 Å². The Balaban J connectivity index is 3.38. The number of carbonyl (C=O) groups is 1. The van der Waals surface area contributed by atoms with Crippen LogP contribution in [0.3, 0.4) is 0 Å². The third-order valence-electron chi connectivity index (χ3n) is 1.66. The van der Waals surface area contributed by atoms with Crippen molar-refractivity contribution in [3.63, 3.8) is 0 Å². The van der Waals surface area contributed by atoms with E-state index in [9.17, 15) is 18.7 Å². The van der Waals surface area contributed by atoms with Crippen LogP contribution in [0.2, 0.25) is 0 Å². The van der Waals surface area contributed by atoms with Crippen LogP contribution in [0.15, 0.2) is 6.07 Å². The van der Waals surface area contributed by atoms with Crippen molar-refractivity contribution in [2.75, 3.05) is 7.11 Å². The fourth-order valence-electron chi connectivity index (χ4n) is 1.01. The molecule has 0 aromatic carbocycles. The lowest BCUT2D eigenvalue weighted by Gasteiger charge is -2.08. The predicted molar refractivity (Wildman–Crippen MR) is 45.9 cm³/mol. The van der Waals surface area contributed by atoms with E-state index in [1.807, 2.05) is 0 Å². The average molecular weight is 218 g/mol. The van der Waals surface area contributed by atoms with Crippen molar-refractivity contribution in [2.24, 2.45) is 5.73 Å². The third kappa shape index (κ3) is 2.12. The number of amides is 1. The first-order valence-electron chi connectivity index (χ1n) is 3.83. The molecule has 0 saturated carbocycles. The number of hydrogen-bond donors (Lipinski definition) is 2. The molecular weight excluding hydrogens is 210 g/mol. The predicted octanol–water partition coefficient (Wildman–Crippen LogP) is 0.832. The molecule has 0 radical (unpaired) electrons. The van der Waals surface area contributed by atoms with E-state index < -0.39 is 29.3 Å². The molecule has 1 amide bonds. The number of alkyl halides is 2. The number of aromatic nitrogens is 1. The minimum absolute atomic E-state index is 0.379. The molecule has 1 aromatic heterocycles. The summed E-state index contributed by atoms with van der Waals surface area (Å²) in [6, 6.07) is 0.801. The Kier molecular flexibility index (Phi) is 3.03. The van der Waals surface area contributed by atoms with Crippen LogP contribution in [-0.4, -0.2) is 23.1 Å². The molecular formula is C8H8F2N2O3. The molecule has 0 aliphatic rings. The highest BCUT2D eigenvalue weighted by Crippen LogP contribution is 2.30. The maximum atomic E-state index is 12.4. The third-order valence-corrected chi connectivity index (χ3v) is 1.66. The van der Waals surface area contributed by atoms with E-state index in [4.69, 9.17) is 5.73 Å². The molecule has 0 fully saturated rings. The summed E-state index contributed by atoms with van der Waals surface area (Å²) in [5, 5.41) is 9.21. The highest BCUT2D eigenvalue weighted by molar-refractivity contribution is 5.94. The summed E-state index contributed by atoms with van der Waals surface area (Å²) in [5.41, 5.74) is 3.52. The highest BCUT2D eigenvalue weighted by atomic mass is 19.3. The number of nitrogens with zero attached hydrogens (tertiary/aromatic N) is 1. The van der Waals surface area contributed by atoms with E-state index in [1.165, 1.54) is 0 Å². The molecule has 0 spiro atoms. The molecule has 5 nitrogen and oxygen atoms in total. The molecule has 1 aromatic rings. The Bertz CT molecular complexity index is 396. The van der Waals surface area contributed by atoms with Crippen molar-refractivity contribution in [1.29, 1.82) is 0 Å². The van der Waals surface area contributed by atoms with Crippen LogP contribution in [0.1, 0.15) is 22.5 Å². The molecule has 0 aliphatic carbocycles. The SMILES string of the molecule is COc1nc(C(F)F)c(C(N)=O)cc1O. The minimum Gasteiger partial charge on any atom is -0.503 e. The quantitative estimate of drug-likeness (QED) is 0.786. The van der Waals surface area contributed by atoms with Gasteiger partial charge in [-0.05, 0) is 0 Å². The number of ether oxygens (including phenoxy) is 1. The molecule has 0 atom stereocenters. The lowest BCUT2D eigenvalue weighted by molar-refractivity contribution is 0.0981. The molecule has 0 saturated heterocycles. The van der Waals surface area contributed by atoms with Gasteiger partial charge >= 0.3 is 0 Å². The number of aromatic hydroxyl groups is 1. The van der Waals surface area contributed by atoms with E-state index in [0.29, 0.717) is 0 Å². The number of methoxy groups -OCH3 is 1. The Morgan fingerprint density at radius 2 is 2.27 bits per heavy atom. The number of rotatable bonds is 3. The van der Waals surface area contributed by atoms with Gasteiger partial charge in [-0.25, -0.2) is 13.8 Å². The van der Waals surface area contributed by atoms with Crippen LogP contribution in [0, 0.1) is 0 Å². The van der Waals surface area contributed by atoms with Crippen LogP contribution in [0.5, 0.6) is 11.6 Å². The first-order chi connectivity index (χ1) is 6.97. The summed E-state index contributed by atoms with van der Waals surface area (Å²) < 4.78 is 29.4. The zero-order valence-corrected chi connectivity index (χ0v) is 7.70. The molecule has 7 heteroatoms. The Labute approximate surface area is 83.5 Å². The number of nitrogens with two attached hydrogens (primary N) is 1. The van der Waals surface area contributed by atoms with E-state index in [2.05, 4.69) is 9.72 Å². The second-order valence-corrected chi connectivity index (χ2v) is 2.61. The molecule has 1 rings (SSSR count). The van der Waals surface area contributed by atoms with Gasteiger partial charge in [0.2, 0.25) is 0 Å². The van der Waals surface area contributed by atoms with Crippen molar-refractivity contribution in [2.45, 2.75) is 6.43 Å². The van der Waals surface area contributed by atoms with Gasteiger partial charge < -0.3 is 15.6 Å². The fraction of sp³-hybridized carbons (Fsp3) is 0.250. The highest BCUT2D eigenvalue weighted by Gasteiger charge is 2.22. The van der Waals surface area contributed by atoms with Crippen molar-refractivity contribution in [1.82, 2.24) is 4.98 Å². The molecule has 0 unspecified atom stereocenters. The molecule has 0 aliphatic heterocycles. The van der Waals surface area contributed by atoms with Crippen LogP contribution in [0.4, 0.5) is 8.78 Å². The van der Waals surface area contributed by atoms with Gasteiger partial charge in [-0.1, -0.05) is 0 Å². The lowest BCUT2D eigenvalue weighted by atomic mass is 10.2. The van der Waals surface area contributed by atoms with E-state index >= 15 is 0 Å². The first kappa shape index (κ1) is 11.2. The van der Waals surface area contributed by atoms with E-state index in [0.717, 1.165) is 13.2 Å². The zero-order chi connectivity index (χ0) is 11.6. The van der Waals surface area contributed by atoms with Gasteiger partial charge in [0, 0.05) is 6.07 Å². The summed E-state index contributed by atoms with van der Waals surface area (Å²) in [6.45, 7) is 0. The van der Waals surface area contributed by atoms with Gasteiger partial charge in [-0.2, -0.15) is 0 Å². The number of halogens is 2. The summed E-state index contributed by atoms with van der Waals surface area (Å²) in [6.07, 6.45) is -2.97. The van der Waals surface area contributed by atoms with Gasteiger partial charge in [0.15, 0.2) is 5.75 Å². The zero-order valence-electron chi connectivity index (χ0n) is 7.70. The second kappa shape index (κ2) is 4.07. The van der Waals surface area contributed by atoms with Crippen LogP contribution >= 0.6 is 0 Å². The Morgan fingerprint density at radius 3 is 2.67 bits per heavy atom. The number of pyridine rings is 1. The average Bonchev–Trinajstić information content (AvgIpc) is 2.16. The summed E-state index contributed by atoms with van der Waals surface area (Å²) >= 11 is 0. The van der Waals surface area contributed by atoms with Gasteiger partial charge in [-0.15, -0.1) is 0 Å². The van der Waals surface area contributed by atoms with Gasteiger partial charge in [0.05, 0.1) is 12.7 Å². The largest absolute Gasteiger partial charge is 0.503 e. The summed E-state index contributed by atoms with van der Waals surface area (Å²) in [5.74, 6) is -1.98. The van der Waals surface area contributed by atoms with Crippen molar-refractivity contribution in [3.05, 3.63) is 17.3 Å². The molecule has 1 heterocycles. The molecule has 15 heavy (non-hydrogen) atoms. The van der Waals surface area contributed by atoms with Crippen molar-refractivity contribution < 1.29 is 23.4 Å². The first-order valence-corrected chi connectivity index (χ1v) is 3.83. The maximum Gasteiger partial charge on any atom is 0.281 e. The summed E-state index contributed by atoms with van der Waals surface area (Å²) in [4.78, 5) is 14.1. The van der Waals surface area contributed by atoms with Crippen LogP contribution < -0.4 is 10.5 Å². The van der Waals surface area contributed by atoms with Crippen molar-refractivity contribution >= 4 is 5.91 Å². The number of carbonyl (C=O) groups excluding carboxylic acids is 1. The monoisotopic (exact) mass is 218 g/mol. The second-order valence-electron chi connectivity index (χ2n) is 2.61. The minimum atomic E-state index is -2.97. The van der Waals surface area contributed by atoms with Gasteiger partial charge in [-0.3, -0.25) is 4.79 Å². The molecule has 82 valence electrons. The smallest absolute Gasteiger partial charge is 0.281 e. The van der Waals surface area contributed by atoms with E-state index in [-0.39, 0.29) is 5.88 Å². The molecule has 0 bridgehead atoms. The molecule has 3 N–H and O–H groups in total. The lowest BCUT2D eigenvalue weighted by Crippen LogP contribution is -2.15. The van der Waals surface area contributed by atoms with Gasteiger partial charge in [0.25, 0.3) is 18.2 Å². The Hall–Kier alpha value is -1.92. The summed E-state index contributed by atoms with van der Waals surface area (Å²) in [7, 11) is 1.15. The fourth-order valence-corrected chi connectivity index (χ4v) is 1.01. The van der Waals surface area contributed by atoms with Crippen LogP contribution in [-0.2, 0) is 0 Å².